The molecule has 0 heterocycles. The van der Waals surface area contributed by atoms with E-state index in [2.05, 4.69) is 10.6 Å². The van der Waals surface area contributed by atoms with Crippen molar-refractivity contribution in [3.05, 3.63) is 58.1 Å². The number of halogens is 2. The summed E-state index contributed by atoms with van der Waals surface area (Å²) in [7, 11) is 0. The molecule has 6 heteroatoms. The molecule has 2 aromatic carbocycles. The Labute approximate surface area is 144 Å². The molecule has 0 aromatic heterocycles. The van der Waals surface area contributed by atoms with Crippen LogP contribution in [0.5, 0.6) is 0 Å². The van der Waals surface area contributed by atoms with E-state index in [0.29, 0.717) is 22.0 Å². The number of benzene rings is 2. The Hall–Kier alpha value is -2.04. The summed E-state index contributed by atoms with van der Waals surface area (Å²) in [5.41, 5.74) is 1.40. The number of carbonyl (C=O) groups is 2. The lowest BCUT2D eigenvalue weighted by molar-refractivity contribution is -0.118. The van der Waals surface area contributed by atoms with Crippen LogP contribution in [0.2, 0.25) is 10.0 Å². The highest BCUT2D eigenvalue weighted by Gasteiger charge is 2.12. The molecule has 0 bridgehead atoms. The average Bonchev–Trinajstić information content (AvgIpc) is 2.52. The molecule has 0 aliphatic heterocycles. The largest absolute Gasteiger partial charge is 0.326 e. The zero-order chi connectivity index (χ0) is 17.0. The third-order valence-corrected chi connectivity index (χ3v) is 3.94. The molecule has 2 amide bonds. The van der Waals surface area contributed by atoms with Crippen molar-refractivity contribution < 1.29 is 9.59 Å². The minimum Gasteiger partial charge on any atom is -0.326 e. The molecule has 0 spiro atoms. The van der Waals surface area contributed by atoms with Crippen molar-refractivity contribution >= 4 is 46.4 Å². The fourth-order valence-corrected chi connectivity index (χ4v) is 2.17. The van der Waals surface area contributed by atoms with Crippen LogP contribution in [-0.2, 0) is 4.79 Å². The second-order valence-electron chi connectivity index (χ2n) is 5.28. The highest BCUT2D eigenvalue weighted by molar-refractivity contribution is 6.44. The zero-order valence-corrected chi connectivity index (χ0v) is 14.2. The fourth-order valence-electron chi connectivity index (χ4n) is 1.82. The molecule has 0 aliphatic rings. The number of anilines is 2. The van der Waals surface area contributed by atoms with E-state index >= 15 is 0 Å². The number of hydrogen-bond acceptors (Lipinski definition) is 2. The molecule has 2 N–H and O–H groups in total. The van der Waals surface area contributed by atoms with Gasteiger partial charge >= 0.3 is 0 Å². The Bertz CT molecular complexity index is 745. The molecular weight excluding hydrogens is 335 g/mol. The molecule has 0 unspecified atom stereocenters. The number of rotatable bonds is 4. The number of nitrogens with one attached hydrogen (secondary N) is 2. The van der Waals surface area contributed by atoms with E-state index in [1.165, 1.54) is 0 Å². The van der Waals surface area contributed by atoms with Crippen molar-refractivity contribution in [1.82, 2.24) is 0 Å². The van der Waals surface area contributed by atoms with Crippen LogP contribution in [0, 0.1) is 5.92 Å². The van der Waals surface area contributed by atoms with E-state index < -0.39 is 0 Å². The quantitative estimate of drug-likeness (QED) is 0.828. The molecular formula is C17H16Cl2N2O2. The Morgan fingerprint density at radius 2 is 1.70 bits per heavy atom. The van der Waals surface area contributed by atoms with Crippen LogP contribution in [0.25, 0.3) is 0 Å². The van der Waals surface area contributed by atoms with Crippen LogP contribution in [-0.4, -0.2) is 11.8 Å². The molecule has 0 atom stereocenters. The van der Waals surface area contributed by atoms with Gasteiger partial charge in [0, 0.05) is 17.2 Å². The van der Waals surface area contributed by atoms with E-state index in [-0.39, 0.29) is 22.8 Å². The first-order valence-electron chi connectivity index (χ1n) is 7.04. The van der Waals surface area contributed by atoms with Gasteiger partial charge in [-0.1, -0.05) is 49.2 Å². The molecule has 0 fully saturated rings. The average molecular weight is 351 g/mol. The van der Waals surface area contributed by atoms with Crippen molar-refractivity contribution in [2.75, 3.05) is 10.6 Å². The van der Waals surface area contributed by atoms with Gasteiger partial charge in [0.05, 0.1) is 15.7 Å². The third kappa shape index (κ3) is 4.47. The van der Waals surface area contributed by atoms with E-state index in [1.807, 2.05) is 0 Å². The SMILES string of the molecule is CC(C)C(=O)Nc1cccc(C(=O)Nc2cccc(Cl)c2Cl)c1. The zero-order valence-electron chi connectivity index (χ0n) is 12.7. The van der Waals surface area contributed by atoms with E-state index in [0.717, 1.165) is 0 Å². The normalized spacial score (nSPS) is 10.5. The molecule has 120 valence electrons. The van der Waals surface area contributed by atoms with E-state index in [9.17, 15) is 9.59 Å². The molecule has 0 aliphatic carbocycles. The van der Waals surface area contributed by atoms with Crippen molar-refractivity contribution in [3.63, 3.8) is 0 Å². The van der Waals surface area contributed by atoms with Gasteiger partial charge in [0.15, 0.2) is 0 Å². The highest BCUT2D eigenvalue weighted by Crippen LogP contribution is 2.29. The van der Waals surface area contributed by atoms with Crippen LogP contribution >= 0.6 is 23.2 Å². The van der Waals surface area contributed by atoms with Crippen molar-refractivity contribution in [2.45, 2.75) is 13.8 Å². The van der Waals surface area contributed by atoms with Crippen molar-refractivity contribution in [1.29, 1.82) is 0 Å². The second kappa shape index (κ2) is 7.49. The van der Waals surface area contributed by atoms with Crippen molar-refractivity contribution in [3.8, 4) is 0 Å². The Morgan fingerprint density at radius 1 is 1.00 bits per heavy atom. The molecule has 2 rings (SSSR count). The Morgan fingerprint density at radius 3 is 2.39 bits per heavy atom. The van der Waals surface area contributed by atoms with Gasteiger partial charge in [0.2, 0.25) is 5.91 Å². The monoisotopic (exact) mass is 350 g/mol. The summed E-state index contributed by atoms with van der Waals surface area (Å²) < 4.78 is 0. The summed E-state index contributed by atoms with van der Waals surface area (Å²) in [6.45, 7) is 3.60. The van der Waals surface area contributed by atoms with Crippen LogP contribution < -0.4 is 10.6 Å². The predicted octanol–water partition coefficient (Wildman–Crippen LogP) is 4.84. The van der Waals surface area contributed by atoms with Crippen LogP contribution in [0.4, 0.5) is 11.4 Å². The maximum atomic E-state index is 12.3. The summed E-state index contributed by atoms with van der Waals surface area (Å²) >= 11 is 12.0. The highest BCUT2D eigenvalue weighted by atomic mass is 35.5. The number of hydrogen-bond donors (Lipinski definition) is 2. The molecule has 0 saturated carbocycles. The number of carbonyl (C=O) groups excluding carboxylic acids is 2. The third-order valence-electron chi connectivity index (χ3n) is 3.12. The topological polar surface area (TPSA) is 58.2 Å². The Balaban J connectivity index is 2.17. The van der Waals surface area contributed by atoms with Gasteiger partial charge in [-0.3, -0.25) is 9.59 Å². The summed E-state index contributed by atoms with van der Waals surface area (Å²) in [4.78, 5) is 24.0. The predicted molar refractivity (Wildman–Crippen MR) is 94.3 cm³/mol. The summed E-state index contributed by atoms with van der Waals surface area (Å²) in [5, 5.41) is 6.10. The van der Waals surface area contributed by atoms with Gasteiger partial charge in [0.1, 0.15) is 0 Å². The first kappa shape index (κ1) is 17.3. The standard InChI is InChI=1S/C17H16Cl2N2O2/c1-10(2)16(22)20-12-6-3-5-11(9-12)17(23)21-14-8-4-7-13(18)15(14)19/h3-10H,1-2H3,(H,20,22)(H,21,23). The van der Waals surface area contributed by atoms with Crippen LogP contribution in [0.1, 0.15) is 24.2 Å². The summed E-state index contributed by atoms with van der Waals surface area (Å²) in [6.07, 6.45) is 0. The molecule has 0 saturated heterocycles. The minimum absolute atomic E-state index is 0.111. The summed E-state index contributed by atoms with van der Waals surface area (Å²) in [6, 6.07) is 11.7. The van der Waals surface area contributed by atoms with Gasteiger partial charge in [-0.15, -0.1) is 0 Å². The lowest BCUT2D eigenvalue weighted by Gasteiger charge is -2.11. The van der Waals surface area contributed by atoms with Crippen LogP contribution in [0.15, 0.2) is 42.5 Å². The molecule has 2 aromatic rings. The van der Waals surface area contributed by atoms with Crippen LogP contribution in [0.3, 0.4) is 0 Å². The first-order valence-corrected chi connectivity index (χ1v) is 7.80. The fraction of sp³-hybridized carbons (Fsp3) is 0.176. The van der Waals surface area contributed by atoms with E-state index in [1.54, 1.807) is 56.3 Å². The second-order valence-corrected chi connectivity index (χ2v) is 6.07. The minimum atomic E-state index is -0.338. The molecule has 0 radical (unpaired) electrons. The maximum Gasteiger partial charge on any atom is 0.255 e. The van der Waals surface area contributed by atoms with Gasteiger partial charge in [-0.05, 0) is 30.3 Å². The maximum absolute atomic E-state index is 12.3. The van der Waals surface area contributed by atoms with E-state index in [4.69, 9.17) is 23.2 Å². The van der Waals surface area contributed by atoms with Gasteiger partial charge < -0.3 is 10.6 Å². The molecule has 23 heavy (non-hydrogen) atoms. The van der Waals surface area contributed by atoms with Gasteiger partial charge in [0.25, 0.3) is 5.91 Å². The first-order chi connectivity index (χ1) is 10.9. The molecule has 4 nitrogen and oxygen atoms in total. The number of amides is 2. The lowest BCUT2D eigenvalue weighted by atomic mass is 10.1. The summed E-state index contributed by atoms with van der Waals surface area (Å²) in [5.74, 6) is -0.590. The lowest BCUT2D eigenvalue weighted by Crippen LogP contribution is -2.18. The van der Waals surface area contributed by atoms with Gasteiger partial charge in [-0.2, -0.15) is 0 Å². The van der Waals surface area contributed by atoms with Gasteiger partial charge in [-0.25, -0.2) is 0 Å². The smallest absolute Gasteiger partial charge is 0.255 e. The van der Waals surface area contributed by atoms with Crippen molar-refractivity contribution in [2.24, 2.45) is 5.92 Å². The Kier molecular flexibility index (Phi) is 5.64.